The van der Waals surface area contributed by atoms with E-state index in [2.05, 4.69) is 10.3 Å². The molecule has 0 fully saturated rings. The van der Waals surface area contributed by atoms with Gasteiger partial charge in [-0.2, -0.15) is 0 Å². The van der Waals surface area contributed by atoms with Crippen LogP contribution in [0, 0.1) is 0 Å². The maximum atomic E-state index is 11.9. The first-order valence-electron chi connectivity index (χ1n) is 6.77. The molecule has 4 nitrogen and oxygen atoms in total. The maximum absolute atomic E-state index is 11.9. The number of imidazole rings is 1. The Morgan fingerprint density at radius 3 is 2.95 bits per heavy atom. The quantitative estimate of drug-likeness (QED) is 0.546. The number of nitrogens with one attached hydrogen (secondary N) is 1. The van der Waals surface area contributed by atoms with Crippen LogP contribution in [0.2, 0.25) is 5.02 Å². The predicted octanol–water partition coefficient (Wildman–Crippen LogP) is 3.50. The number of carbonyl (C=O) groups excluding carboxylic acids is 1. The number of carbonyl (C=O) groups is 1. The van der Waals surface area contributed by atoms with E-state index < -0.39 is 0 Å². The molecule has 0 radical (unpaired) electrons. The standard InChI is InChI=1S/C15H14ClN3OS2/c16-11-1-3-13(4-2-11)21-7-5-17-14(20)9-12-10-19-6-8-22-15(19)18-12/h1-4,6,8,10H,5,7,9H2,(H,17,20). The number of aromatic nitrogens is 2. The van der Waals surface area contributed by atoms with Crippen LogP contribution in [-0.4, -0.2) is 27.6 Å². The lowest BCUT2D eigenvalue weighted by molar-refractivity contribution is -0.120. The lowest BCUT2D eigenvalue weighted by Crippen LogP contribution is -2.27. The third-order valence-electron chi connectivity index (χ3n) is 2.99. The summed E-state index contributed by atoms with van der Waals surface area (Å²) in [5.74, 6) is 0.827. The molecule has 3 aromatic rings. The summed E-state index contributed by atoms with van der Waals surface area (Å²) in [6.07, 6.45) is 4.16. The summed E-state index contributed by atoms with van der Waals surface area (Å²) in [4.78, 5) is 18.3. The van der Waals surface area contributed by atoms with Crippen molar-refractivity contribution in [2.24, 2.45) is 0 Å². The van der Waals surface area contributed by atoms with Crippen LogP contribution in [0.25, 0.3) is 4.96 Å². The zero-order valence-electron chi connectivity index (χ0n) is 11.7. The molecule has 0 spiro atoms. The molecule has 1 aromatic carbocycles. The van der Waals surface area contributed by atoms with Crippen LogP contribution in [0.3, 0.4) is 0 Å². The highest BCUT2D eigenvalue weighted by atomic mass is 35.5. The Labute approximate surface area is 141 Å². The van der Waals surface area contributed by atoms with Gasteiger partial charge < -0.3 is 5.32 Å². The molecule has 2 heterocycles. The molecule has 0 atom stereocenters. The van der Waals surface area contributed by atoms with Crippen molar-refractivity contribution in [1.82, 2.24) is 14.7 Å². The average Bonchev–Trinajstić information content (AvgIpc) is 3.06. The summed E-state index contributed by atoms with van der Waals surface area (Å²) in [5.41, 5.74) is 0.801. The molecule has 0 aliphatic heterocycles. The summed E-state index contributed by atoms with van der Waals surface area (Å²) < 4.78 is 1.93. The minimum atomic E-state index is 0.00228. The van der Waals surface area contributed by atoms with Crippen molar-refractivity contribution in [3.05, 3.63) is 52.8 Å². The number of benzene rings is 1. The number of hydrogen-bond acceptors (Lipinski definition) is 4. The molecule has 0 saturated heterocycles. The second-order valence-corrected chi connectivity index (χ2v) is 7.13. The van der Waals surface area contributed by atoms with Gasteiger partial charge in [0.05, 0.1) is 12.1 Å². The summed E-state index contributed by atoms with van der Waals surface area (Å²) in [6.45, 7) is 0.633. The van der Waals surface area contributed by atoms with Crippen molar-refractivity contribution in [1.29, 1.82) is 0 Å². The molecule has 0 aliphatic carbocycles. The number of halogens is 1. The predicted molar refractivity (Wildman–Crippen MR) is 92.0 cm³/mol. The average molecular weight is 352 g/mol. The zero-order valence-corrected chi connectivity index (χ0v) is 14.0. The lowest BCUT2D eigenvalue weighted by atomic mass is 10.3. The third kappa shape index (κ3) is 4.03. The van der Waals surface area contributed by atoms with Crippen molar-refractivity contribution < 1.29 is 4.79 Å². The molecule has 1 N–H and O–H groups in total. The Bertz CT molecular complexity index is 738. The highest BCUT2D eigenvalue weighted by Gasteiger charge is 2.07. The van der Waals surface area contributed by atoms with E-state index in [1.807, 2.05) is 46.4 Å². The highest BCUT2D eigenvalue weighted by Crippen LogP contribution is 2.19. The smallest absolute Gasteiger partial charge is 0.226 e. The van der Waals surface area contributed by atoms with Crippen LogP contribution in [0.4, 0.5) is 0 Å². The minimum absolute atomic E-state index is 0.00228. The molecule has 2 aromatic heterocycles. The molecule has 0 unspecified atom stereocenters. The van der Waals surface area contributed by atoms with Crippen LogP contribution in [-0.2, 0) is 11.2 Å². The minimum Gasteiger partial charge on any atom is -0.355 e. The topological polar surface area (TPSA) is 46.4 Å². The second-order valence-electron chi connectivity index (χ2n) is 4.65. The molecule has 22 heavy (non-hydrogen) atoms. The molecular formula is C15H14ClN3OS2. The van der Waals surface area contributed by atoms with Gasteiger partial charge in [-0.1, -0.05) is 11.6 Å². The largest absolute Gasteiger partial charge is 0.355 e. The molecule has 7 heteroatoms. The highest BCUT2D eigenvalue weighted by molar-refractivity contribution is 7.99. The van der Waals surface area contributed by atoms with Gasteiger partial charge in [-0.3, -0.25) is 9.20 Å². The van der Waals surface area contributed by atoms with Crippen molar-refractivity contribution in [3.63, 3.8) is 0 Å². The molecule has 0 aliphatic rings. The van der Waals surface area contributed by atoms with E-state index in [1.54, 1.807) is 23.1 Å². The number of rotatable bonds is 6. The van der Waals surface area contributed by atoms with Gasteiger partial charge in [-0.15, -0.1) is 23.1 Å². The van der Waals surface area contributed by atoms with Gasteiger partial charge in [0.25, 0.3) is 0 Å². The monoisotopic (exact) mass is 351 g/mol. The van der Waals surface area contributed by atoms with Gasteiger partial charge in [0.2, 0.25) is 5.91 Å². The van der Waals surface area contributed by atoms with E-state index in [9.17, 15) is 4.79 Å². The first-order valence-corrected chi connectivity index (χ1v) is 9.01. The normalized spacial score (nSPS) is 11.0. The first-order chi connectivity index (χ1) is 10.7. The fraction of sp³-hybridized carbons (Fsp3) is 0.200. The first kappa shape index (κ1) is 15.4. The third-order valence-corrected chi connectivity index (χ3v) is 5.03. The van der Waals surface area contributed by atoms with Crippen LogP contribution >= 0.6 is 34.7 Å². The number of fused-ring (bicyclic) bond motifs is 1. The van der Waals surface area contributed by atoms with Crippen molar-refractivity contribution in [2.45, 2.75) is 11.3 Å². The van der Waals surface area contributed by atoms with Gasteiger partial charge in [-0.05, 0) is 24.3 Å². The summed E-state index contributed by atoms with van der Waals surface area (Å²) in [6, 6.07) is 7.69. The lowest BCUT2D eigenvalue weighted by Gasteiger charge is -2.04. The van der Waals surface area contributed by atoms with E-state index >= 15 is 0 Å². The number of thiazole rings is 1. The Balaban J connectivity index is 1.40. The number of thioether (sulfide) groups is 1. The van der Waals surface area contributed by atoms with Gasteiger partial charge in [0.15, 0.2) is 4.96 Å². The molecule has 114 valence electrons. The van der Waals surface area contributed by atoms with Crippen LogP contribution < -0.4 is 5.32 Å². The van der Waals surface area contributed by atoms with Gasteiger partial charge in [0.1, 0.15) is 0 Å². The summed E-state index contributed by atoms with van der Waals surface area (Å²) >= 11 is 9.09. The Morgan fingerprint density at radius 1 is 1.36 bits per heavy atom. The summed E-state index contributed by atoms with van der Waals surface area (Å²) in [5, 5.41) is 5.62. The Hall–Kier alpha value is -1.50. The molecule has 0 bridgehead atoms. The summed E-state index contributed by atoms with van der Waals surface area (Å²) in [7, 11) is 0. The van der Waals surface area contributed by atoms with Gasteiger partial charge in [-0.25, -0.2) is 4.98 Å². The van der Waals surface area contributed by atoms with Crippen molar-refractivity contribution >= 4 is 45.6 Å². The van der Waals surface area contributed by atoms with E-state index in [0.29, 0.717) is 13.0 Å². The number of amides is 1. The molecule has 0 saturated carbocycles. The van der Waals surface area contributed by atoms with Crippen molar-refractivity contribution in [3.8, 4) is 0 Å². The SMILES string of the molecule is O=C(Cc1cn2ccsc2n1)NCCSc1ccc(Cl)cc1. The fourth-order valence-corrected chi connectivity index (χ4v) is 3.59. The van der Waals surface area contributed by atoms with E-state index in [0.717, 1.165) is 26.3 Å². The Morgan fingerprint density at radius 2 is 2.18 bits per heavy atom. The number of hydrogen-bond donors (Lipinski definition) is 1. The van der Waals surface area contributed by atoms with Crippen LogP contribution in [0.5, 0.6) is 0 Å². The fourth-order valence-electron chi connectivity index (χ4n) is 1.98. The molecular weight excluding hydrogens is 338 g/mol. The van der Waals surface area contributed by atoms with E-state index in [-0.39, 0.29) is 5.91 Å². The van der Waals surface area contributed by atoms with Crippen molar-refractivity contribution in [2.75, 3.05) is 12.3 Å². The second kappa shape index (κ2) is 7.17. The van der Waals surface area contributed by atoms with Crippen LogP contribution in [0.1, 0.15) is 5.69 Å². The molecule has 1 amide bonds. The number of nitrogens with zero attached hydrogens (tertiary/aromatic N) is 2. The van der Waals surface area contributed by atoms with E-state index in [1.165, 1.54) is 0 Å². The zero-order chi connectivity index (χ0) is 15.4. The van der Waals surface area contributed by atoms with Crippen LogP contribution in [0.15, 0.2) is 46.9 Å². The van der Waals surface area contributed by atoms with Gasteiger partial charge in [0, 0.05) is 40.0 Å². The molecule has 3 rings (SSSR count). The van der Waals surface area contributed by atoms with E-state index in [4.69, 9.17) is 11.6 Å². The van der Waals surface area contributed by atoms with Gasteiger partial charge >= 0.3 is 0 Å². The maximum Gasteiger partial charge on any atom is 0.226 e. The Kier molecular flexibility index (Phi) is 5.02.